The van der Waals surface area contributed by atoms with E-state index in [4.69, 9.17) is 4.42 Å². The van der Waals surface area contributed by atoms with Gasteiger partial charge >= 0.3 is 5.63 Å². The van der Waals surface area contributed by atoms with Crippen molar-refractivity contribution in [1.29, 1.82) is 0 Å². The molecule has 3 heteroatoms. The molecule has 3 rings (SSSR count). The summed E-state index contributed by atoms with van der Waals surface area (Å²) in [5.74, 6) is 0.218. The van der Waals surface area contributed by atoms with E-state index in [1.807, 2.05) is 49.4 Å². The molecule has 0 saturated carbocycles. The lowest BCUT2D eigenvalue weighted by atomic mass is 9.93. The zero-order chi connectivity index (χ0) is 19.4. The molecule has 138 valence electrons. The molecule has 2 aromatic carbocycles. The van der Waals surface area contributed by atoms with Gasteiger partial charge in [-0.3, -0.25) is 4.79 Å². The predicted molar refractivity (Wildman–Crippen MR) is 110 cm³/mol. The molecule has 1 atom stereocenters. The summed E-state index contributed by atoms with van der Waals surface area (Å²) in [6.07, 6.45) is 4.99. The van der Waals surface area contributed by atoms with Crippen LogP contribution in [0.5, 0.6) is 0 Å². The van der Waals surface area contributed by atoms with Gasteiger partial charge in [-0.25, -0.2) is 4.79 Å². The third-order valence-electron chi connectivity index (χ3n) is 4.97. The number of hydrogen-bond donors (Lipinski definition) is 0. The second kappa shape index (κ2) is 8.17. The first kappa shape index (κ1) is 18.8. The van der Waals surface area contributed by atoms with E-state index in [9.17, 15) is 9.59 Å². The van der Waals surface area contributed by atoms with Crippen LogP contribution in [-0.4, -0.2) is 5.78 Å². The molecule has 1 unspecified atom stereocenters. The van der Waals surface area contributed by atoms with Crippen molar-refractivity contribution in [3.8, 4) is 0 Å². The third-order valence-corrected chi connectivity index (χ3v) is 4.97. The quantitative estimate of drug-likeness (QED) is 0.319. The Kier molecular flexibility index (Phi) is 5.70. The van der Waals surface area contributed by atoms with Crippen molar-refractivity contribution in [3.05, 3.63) is 87.3 Å². The Morgan fingerprint density at radius 3 is 2.52 bits per heavy atom. The molecule has 0 N–H and O–H groups in total. The van der Waals surface area contributed by atoms with Crippen molar-refractivity contribution in [3.63, 3.8) is 0 Å². The molecule has 0 fully saturated rings. The zero-order valence-electron chi connectivity index (χ0n) is 16.0. The average Bonchev–Trinajstić information content (AvgIpc) is 2.71. The van der Waals surface area contributed by atoms with Crippen LogP contribution < -0.4 is 5.63 Å². The zero-order valence-corrected chi connectivity index (χ0v) is 16.0. The lowest BCUT2D eigenvalue weighted by molar-refractivity contribution is 0.104. The molecule has 1 aromatic heterocycles. The van der Waals surface area contributed by atoms with Crippen molar-refractivity contribution < 1.29 is 9.21 Å². The van der Waals surface area contributed by atoms with Gasteiger partial charge in [0.25, 0.3) is 0 Å². The Hall–Kier alpha value is -2.94. The summed E-state index contributed by atoms with van der Waals surface area (Å²) in [5, 5.41) is 0.899. The summed E-state index contributed by atoms with van der Waals surface area (Å²) in [7, 11) is 0. The number of carbonyl (C=O) groups is 1. The molecule has 0 radical (unpaired) electrons. The van der Waals surface area contributed by atoms with Gasteiger partial charge in [-0.1, -0.05) is 57.2 Å². The number of carbonyl (C=O) groups excluding carboxylic acids is 1. The van der Waals surface area contributed by atoms with Crippen LogP contribution in [0.3, 0.4) is 0 Å². The van der Waals surface area contributed by atoms with Crippen LogP contribution in [0.1, 0.15) is 60.2 Å². The van der Waals surface area contributed by atoms with Crippen LogP contribution in [0.25, 0.3) is 17.0 Å². The minimum Gasteiger partial charge on any atom is -0.422 e. The first-order valence-corrected chi connectivity index (χ1v) is 9.41. The Morgan fingerprint density at radius 1 is 1.11 bits per heavy atom. The molecule has 0 aliphatic heterocycles. The van der Waals surface area contributed by atoms with E-state index in [0.29, 0.717) is 23.1 Å². The first-order valence-electron chi connectivity index (χ1n) is 9.41. The Balaban J connectivity index is 2.07. The second-order valence-electron chi connectivity index (χ2n) is 6.81. The Morgan fingerprint density at radius 2 is 1.85 bits per heavy atom. The number of fused-ring (bicyclic) bond motifs is 1. The fourth-order valence-corrected chi connectivity index (χ4v) is 3.13. The standard InChI is InChI=1S/C24H24O3/c1-4-16(3)21-14-17(11-12-22(25)19-9-7-6-8-10-19)13-20-15-18(5-2)24(26)27-23(20)21/h6-16H,4-5H2,1-3H3. The molecule has 0 spiro atoms. The van der Waals surface area contributed by atoms with Gasteiger partial charge in [0, 0.05) is 16.5 Å². The molecule has 3 nitrogen and oxygen atoms in total. The van der Waals surface area contributed by atoms with Crippen LogP contribution >= 0.6 is 0 Å². The highest BCUT2D eigenvalue weighted by Crippen LogP contribution is 2.29. The fourth-order valence-electron chi connectivity index (χ4n) is 3.13. The lowest BCUT2D eigenvalue weighted by Gasteiger charge is -2.13. The van der Waals surface area contributed by atoms with E-state index in [1.165, 1.54) is 0 Å². The third kappa shape index (κ3) is 4.08. The van der Waals surface area contributed by atoms with E-state index < -0.39 is 0 Å². The minimum absolute atomic E-state index is 0.0328. The summed E-state index contributed by atoms with van der Waals surface area (Å²) in [4.78, 5) is 24.5. The molecule has 0 amide bonds. The minimum atomic E-state index is -0.267. The van der Waals surface area contributed by atoms with E-state index in [-0.39, 0.29) is 17.3 Å². The van der Waals surface area contributed by atoms with Crippen LogP contribution in [0.15, 0.2) is 63.8 Å². The number of rotatable bonds is 6. The number of aryl methyl sites for hydroxylation is 1. The van der Waals surface area contributed by atoms with Crippen molar-refractivity contribution in [1.82, 2.24) is 0 Å². The van der Waals surface area contributed by atoms with Crippen LogP contribution in [-0.2, 0) is 6.42 Å². The smallest absolute Gasteiger partial charge is 0.339 e. The molecule has 27 heavy (non-hydrogen) atoms. The summed E-state index contributed by atoms with van der Waals surface area (Å²) < 4.78 is 5.64. The average molecular weight is 360 g/mol. The van der Waals surface area contributed by atoms with E-state index in [0.717, 1.165) is 22.9 Å². The van der Waals surface area contributed by atoms with Gasteiger partial charge in [-0.15, -0.1) is 0 Å². The monoisotopic (exact) mass is 360 g/mol. The van der Waals surface area contributed by atoms with Gasteiger partial charge in [0.05, 0.1) is 0 Å². The number of ketones is 1. The maximum Gasteiger partial charge on any atom is 0.339 e. The van der Waals surface area contributed by atoms with Crippen molar-refractivity contribution in [2.24, 2.45) is 0 Å². The first-order chi connectivity index (χ1) is 13.0. The molecule has 0 aliphatic carbocycles. The Labute approximate surface area is 159 Å². The summed E-state index contributed by atoms with van der Waals surface area (Å²) >= 11 is 0. The fraction of sp³-hybridized carbons (Fsp3) is 0.250. The van der Waals surface area contributed by atoms with Gasteiger partial charge in [0.1, 0.15) is 5.58 Å². The maximum absolute atomic E-state index is 12.4. The second-order valence-corrected chi connectivity index (χ2v) is 6.81. The lowest BCUT2D eigenvalue weighted by Crippen LogP contribution is -2.07. The van der Waals surface area contributed by atoms with E-state index in [1.54, 1.807) is 18.2 Å². The molecular formula is C24H24O3. The number of hydrogen-bond acceptors (Lipinski definition) is 3. The molecule has 0 bridgehead atoms. The SMILES string of the molecule is CCc1cc2cc(C=CC(=O)c3ccccc3)cc(C(C)CC)c2oc1=O. The molecule has 1 heterocycles. The van der Waals surface area contributed by atoms with Crippen LogP contribution in [0.4, 0.5) is 0 Å². The summed E-state index contributed by atoms with van der Waals surface area (Å²) in [6, 6.07) is 15.1. The van der Waals surface area contributed by atoms with Gasteiger partial charge in [0.2, 0.25) is 0 Å². The van der Waals surface area contributed by atoms with Gasteiger partial charge in [0.15, 0.2) is 5.78 Å². The number of allylic oxidation sites excluding steroid dienone is 1. The van der Waals surface area contributed by atoms with E-state index >= 15 is 0 Å². The topological polar surface area (TPSA) is 47.3 Å². The highest BCUT2D eigenvalue weighted by molar-refractivity contribution is 6.07. The molecule has 0 aliphatic rings. The van der Waals surface area contributed by atoms with Crippen LogP contribution in [0, 0.1) is 0 Å². The predicted octanol–water partition coefficient (Wildman–Crippen LogP) is 5.77. The maximum atomic E-state index is 12.4. The van der Waals surface area contributed by atoms with Gasteiger partial charge < -0.3 is 4.42 Å². The largest absolute Gasteiger partial charge is 0.422 e. The van der Waals surface area contributed by atoms with E-state index in [2.05, 4.69) is 13.8 Å². The summed E-state index contributed by atoms with van der Waals surface area (Å²) in [6.45, 7) is 6.16. The highest BCUT2D eigenvalue weighted by Gasteiger charge is 2.14. The summed E-state index contributed by atoms with van der Waals surface area (Å²) in [5.41, 5.74) is 3.64. The van der Waals surface area contributed by atoms with Crippen molar-refractivity contribution >= 4 is 22.8 Å². The molecular weight excluding hydrogens is 336 g/mol. The Bertz CT molecular complexity index is 1040. The molecule has 3 aromatic rings. The molecule has 0 saturated heterocycles. The highest BCUT2D eigenvalue weighted by atomic mass is 16.4. The van der Waals surface area contributed by atoms with Crippen LogP contribution in [0.2, 0.25) is 0 Å². The number of benzene rings is 2. The van der Waals surface area contributed by atoms with Crippen molar-refractivity contribution in [2.45, 2.75) is 39.5 Å². The normalized spacial score (nSPS) is 12.6. The van der Waals surface area contributed by atoms with Crippen molar-refractivity contribution in [2.75, 3.05) is 0 Å². The van der Waals surface area contributed by atoms with Gasteiger partial charge in [-0.05, 0) is 54.2 Å². The van der Waals surface area contributed by atoms with Gasteiger partial charge in [-0.2, -0.15) is 0 Å².